The van der Waals surface area contributed by atoms with Crippen LogP contribution in [0.4, 0.5) is 0 Å². The number of hydrogen-bond donors (Lipinski definition) is 1. The van der Waals surface area contributed by atoms with E-state index in [0.717, 1.165) is 5.56 Å². The fourth-order valence-electron chi connectivity index (χ4n) is 1.57. The van der Waals surface area contributed by atoms with Gasteiger partial charge in [0.2, 0.25) is 0 Å². The summed E-state index contributed by atoms with van der Waals surface area (Å²) in [7, 11) is 0. The number of rotatable bonds is 4. The Labute approximate surface area is 115 Å². The first-order chi connectivity index (χ1) is 8.69. The average Bonchev–Trinajstić information content (AvgIpc) is 2.33. The van der Waals surface area contributed by atoms with Gasteiger partial charge in [0.25, 0.3) is 0 Å². The molecule has 94 valence electrons. The smallest absolute Gasteiger partial charge is 0.147 e. The number of hydrogen-bond acceptors (Lipinski definition) is 3. The number of benzene rings is 1. The van der Waals surface area contributed by atoms with Crippen LogP contribution in [-0.2, 0) is 6.42 Å². The van der Waals surface area contributed by atoms with Gasteiger partial charge in [-0.05, 0) is 36.7 Å². The van der Waals surface area contributed by atoms with Gasteiger partial charge < -0.3 is 10.5 Å². The summed E-state index contributed by atoms with van der Waals surface area (Å²) in [6, 6.07) is 7.14. The van der Waals surface area contributed by atoms with Gasteiger partial charge in [0.15, 0.2) is 0 Å². The SMILES string of the molecule is NCCc1cc(Cl)ccc1Oc1cncc(Cl)c1. The van der Waals surface area contributed by atoms with Crippen LogP contribution in [0.25, 0.3) is 0 Å². The van der Waals surface area contributed by atoms with Crippen LogP contribution in [0.2, 0.25) is 10.0 Å². The lowest BCUT2D eigenvalue weighted by Crippen LogP contribution is -2.04. The van der Waals surface area contributed by atoms with Crippen molar-refractivity contribution in [3.05, 3.63) is 52.3 Å². The van der Waals surface area contributed by atoms with E-state index >= 15 is 0 Å². The van der Waals surface area contributed by atoms with Crippen molar-refractivity contribution in [3.63, 3.8) is 0 Å². The molecule has 1 aromatic carbocycles. The van der Waals surface area contributed by atoms with Gasteiger partial charge >= 0.3 is 0 Å². The molecule has 3 nitrogen and oxygen atoms in total. The lowest BCUT2D eigenvalue weighted by atomic mass is 10.1. The molecule has 0 aliphatic heterocycles. The molecule has 5 heteroatoms. The van der Waals surface area contributed by atoms with Crippen molar-refractivity contribution in [1.82, 2.24) is 4.98 Å². The monoisotopic (exact) mass is 282 g/mol. The second-order valence-corrected chi connectivity index (χ2v) is 4.60. The first-order valence-electron chi connectivity index (χ1n) is 5.46. The summed E-state index contributed by atoms with van der Waals surface area (Å²) in [4.78, 5) is 3.97. The molecule has 0 aliphatic carbocycles. The summed E-state index contributed by atoms with van der Waals surface area (Å²) >= 11 is 11.8. The minimum atomic E-state index is 0.529. The van der Waals surface area contributed by atoms with Crippen molar-refractivity contribution >= 4 is 23.2 Å². The Morgan fingerprint density at radius 1 is 1.11 bits per heavy atom. The van der Waals surface area contributed by atoms with E-state index in [4.69, 9.17) is 33.7 Å². The zero-order chi connectivity index (χ0) is 13.0. The molecule has 0 unspecified atom stereocenters. The zero-order valence-corrected chi connectivity index (χ0v) is 11.1. The van der Waals surface area contributed by atoms with Crippen LogP contribution < -0.4 is 10.5 Å². The minimum Gasteiger partial charge on any atom is -0.455 e. The van der Waals surface area contributed by atoms with Crippen LogP contribution >= 0.6 is 23.2 Å². The lowest BCUT2D eigenvalue weighted by Gasteiger charge is -2.11. The Morgan fingerprint density at radius 2 is 1.94 bits per heavy atom. The number of aromatic nitrogens is 1. The molecule has 2 N–H and O–H groups in total. The third-order valence-corrected chi connectivity index (χ3v) is 2.79. The second kappa shape index (κ2) is 6.05. The maximum atomic E-state index is 5.95. The Kier molecular flexibility index (Phi) is 4.42. The van der Waals surface area contributed by atoms with E-state index in [0.29, 0.717) is 34.5 Å². The van der Waals surface area contributed by atoms with Crippen LogP contribution in [-0.4, -0.2) is 11.5 Å². The lowest BCUT2D eigenvalue weighted by molar-refractivity contribution is 0.474. The van der Waals surface area contributed by atoms with Crippen molar-refractivity contribution in [2.24, 2.45) is 5.73 Å². The van der Waals surface area contributed by atoms with Gasteiger partial charge in [-0.15, -0.1) is 0 Å². The van der Waals surface area contributed by atoms with Crippen molar-refractivity contribution in [1.29, 1.82) is 0 Å². The Balaban J connectivity index is 2.28. The zero-order valence-electron chi connectivity index (χ0n) is 9.57. The van der Waals surface area contributed by atoms with E-state index in [1.807, 2.05) is 12.1 Å². The van der Waals surface area contributed by atoms with Crippen LogP contribution in [0.5, 0.6) is 11.5 Å². The summed E-state index contributed by atoms with van der Waals surface area (Å²) in [5.41, 5.74) is 6.53. The molecule has 0 spiro atoms. The quantitative estimate of drug-likeness (QED) is 0.931. The number of nitrogens with two attached hydrogens (primary N) is 1. The van der Waals surface area contributed by atoms with Crippen molar-refractivity contribution in [2.75, 3.05) is 6.54 Å². The van der Waals surface area contributed by atoms with Crippen molar-refractivity contribution in [2.45, 2.75) is 6.42 Å². The van der Waals surface area contributed by atoms with Crippen LogP contribution in [0.3, 0.4) is 0 Å². The molecule has 2 rings (SSSR count). The fraction of sp³-hybridized carbons (Fsp3) is 0.154. The van der Waals surface area contributed by atoms with Crippen LogP contribution in [0.1, 0.15) is 5.56 Å². The highest BCUT2D eigenvalue weighted by atomic mass is 35.5. The fourth-order valence-corrected chi connectivity index (χ4v) is 1.93. The topological polar surface area (TPSA) is 48.1 Å². The Bertz CT molecular complexity index is 546. The van der Waals surface area contributed by atoms with Gasteiger partial charge in [-0.2, -0.15) is 0 Å². The van der Waals surface area contributed by atoms with Gasteiger partial charge in [0, 0.05) is 17.3 Å². The van der Waals surface area contributed by atoms with Crippen molar-refractivity contribution < 1.29 is 4.74 Å². The van der Waals surface area contributed by atoms with Crippen LogP contribution in [0.15, 0.2) is 36.7 Å². The molecular formula is C13H12Cl2N2O. The summed E-state index contributed by atoms with van der Waals surface area (Å²) in [6.45, 7) is 0.532. The molecule has 0 saturated heterocycles. The molecule has 0 bridgehead atoms. The molecule has 18 heavy (non-hydrogen) atoms. The van der Waals surface area contributed by atoms with E-state index < -0.39 is 0 Å². The minimum absolute atomic E-state index is 0.529. The third kappa shape index (κ3) is 3.35. The molecule has 0 saturated carbocycles. The molecule has 1 heterocycles. The maximum Gasteiger partial charge on any atom is 0.147 e. The molecule has 0 radical (unpaired) electrons. The van der Waals surface area contributed by atoms with Gasteiger partial charge in [-0.25, -0.2) is 0 Å². The molecule has 1 aromatic heterocycles. The number of nitrogens with zero attached hydrogens (tertiary/aromatic N) is 1. The predicted molar refractivity (Wildman–Crippen MR) is 73.5 cm³/mol. The van der Waals surface area contributed by atoms with E-state index in [-0.39, 0.29) is 0 Å². The first kappa shape index (κ1) is 13.1. The van der Waals surface area contributed by atoms with Crippen molar-refractivity contribution in [3.8, 4) is 11.5 Å². The largest absolute Gasteiger partial charge is 0.455 e. The van der Waals surface area contributed by atoms with E-state index in [1.54, 1.807) is 24.5 Å². The highest BCUT2D eigenvalue weighted by molar-refractivity contribution is 6.30. The second-order valence-electron chi connectivity index (χ2n) is 3.73. The summed E-state index contributed by atoms with van der Waals surface area (Å²) < 4.78 is 5.74. The molecular weight excluding hydrogens is 271 g/mol. The van der Waals surface area contributed by atoms with Gasteiger partial charge in [-0.3, -0.25) is 4.98 Å². The van der Waals surface area contributed by atoms with Gasteiger partial charge in [0.05, 0.1) is 11.2 Å². The first-order valence-corrected chi connectivity index (χ1v) is 6.21. The normalized spacial score (nSPS) is 10.4. The number of ether oxygens (including phenoxy) is 1. The van der Waals surface area contributed by atoms with E-state index in [1.165, 1.54) is 0 Å². The highest BCUT2D eigenvalue weighted by Gasteiger charge is 2.06. The standard InChI is InChI=1S/C13H12Cl2N2O/c14-10-1-2-13(9(5-10)3-4-16)18-12-6-11(15)7-17-8-12/h1-2,5-8H,3-4,16H2. The molecule has 0 atom stereocenters. The Hall–Kier alpha value is -1.29. The maximum absolute atomic E-state index is 5.95. The van der Waals surface area contributed by atoms with E-state index in [9.17, 15) is 0 Å². The number of halogens is 2. The van der Waals surface area contributed by atoms with Crippen LogP contribution in [0, 0.1) is 0 Å². The predicted octanol–water partition coefficient (Wildman–Crippen LogP) is 3.68. The van der Waals surface area contributed by atoms with E-state index in [2.05, 4.69) is 4.98 Å². The third-order valence-electron chi connectivity index (χ3n) is 2.34. The summed E-state index contributed by atoms with van der Waals surface area (Å²) in [5.74, 6) is 1.30. The number of pyridine rings is 1. The molecule has 0 fully saturated rings. The highest BCUT2D eigenvalue weighted by Crippen LogP contribution is 2.28. The molecule has 0 amide bonds. The molecule has 2 aromatic rings. The molecule has 0 aliphatic rings. The summed E-state index contributed by atoms with van der Waals surface area (Å²) in [5, 5.41) is 1.19. The van der Waals surface area contributed by atoms with Gasteiger partial charge in [-0.1, -0.05) is 23.2 Å². The Morgan fingerprint density at radius 3 is 2.67 bits per heavy atom. The average molecular weight is 283 g/mol. The van der Waals surface area contributed by atoms with Gasteiger partial charge in [0.1, 0.15) is 11.5 Å². The summed E-state index contributed by atoms with van der Waals surface area (Å²) in [6.07, 6.45) is 3.85.